The van der Waals surface area contributed by atoms with Gasteiger partial charge in [-0.25, -0.2) is 4.98 Å². The summed E-state index contributed by atoms with van der Waals surface area (Å²) >= 11 is 0. The van der Waals surface area contributed by atoms with Gasteiger partial charge in [0.1, 0.15) is 11.5 Å². The molecule has 0 saturated heterocycles. The van der Waals surface area contributed by atoms with E-state index in [4.69, 9.17) is 0 Å². The normalized spacial score (nSPS) is 11.1. The van der Waals surface area contributed by atoms with Crippen LogP contribution < -0.4 is 10.9 Å². The minimum atomic E-state index is -0.433. The van der Waals surface area contributed by atoms with Crippen LogP contribution in [0, 0.1) is 10.1 Å². The molecular weight excluding hydrogens is 380 g/mol. The van der Waals surface area contributed by atoms with Crippen molar-refractivity contribution in [1.29, 1.82) is 0 Å². The van der Waals surface area contributed by atoms with Crippen LogP contribution in [-0.4, -0.2) is 21.5 Å². The number of hydrogen-bond donors (Lipinski definition) is 1. The van der Waals surface area contributed by atoms with Crippen molar-refractivity contribution in [1.82, 2.24) is 9.55 Å². The van der Waals surface area contributed by atoms with Crippen LogP contribution in [0.5, 0.6) is 0 Å². The van der Waals surface area contributed by atoms with Crippen LogP contribution in [0.3, 0.4) is 0 Å². The van der Waals surface area contributed by atoms with Crippen LogP contribution in [0.1, 0.15) is 11.4 Å². The van der Waals surface area contributed by atoms with E-state index in [9.17, 15) is 14.9 Å². The highest BCUT2D eigenvalue weighted by molar-refractivity contribution is 5.80. The Morgan fingerprint density at radius 2 is 1.73 bits per heavy atom. The largest absolute Gasteiger partial charge is 0.383 e. The van der Waals surface area contributed by atoms with E-state index < -0.39 is 4.92 Å². The molecule has 0 bridgehead atoms. The molecule has 1 heterocycles. The fraction of sp³-hybridized carbons (Fsp3) is 0.0435. The van der Waals surface area contributed by atoms with Gasteiger partial charge in [-0.3, -0.25) is 19.5 Å². The lowest BCUT2D eigenvalue weighted by molar-refractivity contribution is -0.383. The highest BCUT2D eigenvalue weighted by Crippen LogP contribution is 2.26. The second-order valence-electron chi connectivity index (χ2n) is 6.58. The first kappa shape index (κ1) is 19.1. The second kappa shape index (κ2) is 8.00. The molecule has 0 radical (unpaired) electrons. The number of aromatic nitrogens is 2. The van der Waals surface area contributed by atoms with Gasteiger partial charge >= 0.3 is 0 Å². The Balaban J connectivity index is 1.88. The Morgan fingerprint density at radius 3 is 2.47 bits per heavy atom. The summed E-state index contributed by atoms with van der Waals surface area (Å²) in [5, 5.41) is 14.7. The van der Waals surface area contributed by atoms with Crippen molar-refractivity contribution in [3.8, 4) is 5.69 Å². The van der Waals surface area contributed by atoms with Crippen molar-refractivity contribution in [2.45, 2.75) is 0 Å². The molecular formula is C23H18N4O3. The summed E-state index contributed by atoms with van der Waals surface area (Å²) in [5.41, 5.74) is 2.14. The van der Waals surface area contributed by atoms with Crippen molar-refractivity contribution < 1.29 is 4.92 Å². The zero-order valence-corrected chi connectivity index (χ0v) is 16.1. The van der Waals surface area contributed by atoms with Gasteiger partial charge in [0.2, 0.25) is 0 Å². The lowest BCUT2D eigenvalue weighted by atomic mass is 10.1. The number of nitro groups is 1. The maximum absolute atomic E-state index is 13.2. The fourth-order valence-corrected chi connectivity index (χ4v) is 3.27. The predicted octanol–water partition coefficient (Wildman–Crippen LogP) is 4.51. The van der Waals surface area contributed by atoms with E-state index in [1.54, 1.807) is 49.5 Å². The molecule has 4 aromatic rings. The van der Waals surface area contributed by atoms with Gasteiger partial charge in [0.15, 0.2) is 0 Å². The van der Waals surface area contributed by atoms with E-state index in [2.05, 4.69) is 10.3 Å². The van der Waals surface area contributed by atoms with E-state index in [0.717, 1.165) is 0 Å². The number of hydrogen-bond acceptors (Lipinski definition) is 5. The molecule has 0 spiro atoms. The highest BCUT2D eigenvalue weighted by Gasteiger charge is 2.13. The molecule has 4 rings (SSSR count). The van der Waals surface area contributed by atoms with Gasteiger partial charge in [0, 0.05) is 13.1 Å². The SMILES string of the molecule is CNc1ccc(/C=C\c2nc3ccccc3c(=O)n2-c2ccccc2)cc1[N+](=O)[O-]. The molecule has 0 fully saturated rings. The molecule has 30 heavy (non-hydrogen) atoms. The molecule has 0 aliphatic heterocycles. The molecule has 0 aliphatic rings. The summed E-state index contributed by atoms with van der Waals surface area (Å²) in [7, 11) is 1.63. The standard InChI is InChI=1S/C23H18N4O3/c1-24-20-13-11-16(15-21(20)27(29)30)12-14-22-25-19-10-6-5-9-18(19)23(28)26(22)17-7-3-2-4-8-17/h2-15,24H,1H3/b14-12-. The molecule has 0 amide bonds. The van der Waals surface area contributed by atoms with E-state index in [-0.39, 0.29) is 11.2 Å². The first-order chi connectivity index (χ1) is 14.6. The summed E-state index contributed by atoms with van der Waals surface area (Å²) in [6, 6.07) is 21.3. The summed E-state index contributed by atoms with van der Waals surface area (Å²) in [5.74, 6) is 0.435. The van der Waals surface area contributed by atoms with Crippen LogP contribution in [0.15, 0.2) is 77.6 Å². The van der Waals surface area contributed by atoms with Crippen molar-refractivity contribution in [3.05, 3.63) is 105 Å². The minimum Gasteiger partial charge on any atom is -0.383 e. The molecule has 0 saturated carbocycles. The van der Waals surface area contributed by atoms with E-state index in [1.807, 2.05) is 36.4 Å². The minimum absolute atomic E-state index is 0.0217. The molecule has 0 atom stereocenters. The van der Waals surface area contributed by atoms with Crippen molar-refractivity contribution in [2.24, 2.45) is 0 Å². The zero-order chi connectivity index (χ0) is 21.1. The van der Waals surface area contributed by atoms with Gasteiger partial charge in [0.25, 0.3) is 11.2 Å². The predicted molar refractivity (Wildman–Crippen MR) is 119 cm³/mol. The Kier molecular flexibility index (Phi) is 5.09. The molecule has 7 heteroatoms. The zero-order valence-electron chi connectivity index (χ0n) is 16.1. The fourth-order valence-electron chi connectivity index (χ4n) is 3.27. The van der Waals surface area contributed by atoms with Gasteiger partial charge in [-0.05, 0) is 42.0 Å². The average Bonchev–Trinajstić information content (AvgIpc) is 2.78. The molecule has 0 aliphatic carbocycles. The third-order valence-electron chi connectivity index (χ3n) is 4.73. The van der Waals surface area contributed by atoms with E-state index in [1.165, 1.54) is 10.6 Å². The Bertz CT molecular complexity index is 1330. The van der Waals surface area contributed by atoms with Gasteiger partial charge < -0.3 is 5.32 Å². The number of para-hydroxylation sites is 2. The van der Waals surface area contributed by atoms with Crippen molar-refractivity contribution in [2.75, 3.05) is 12.4 Å². The lowest BCUT2D eigenvalue weighted by Crippen LogP contribution is -2.22. The van der Waals surface area contributed by atoms with Gasteiger partial charge in [-0.2, -0.15) is 0 Å². The maximum Gasteiger partial charge on any atom is 0.292 e. The van der Waals surface area contributed by atoms with Crippen LogP contribution in [0.25, 0.3) is 28.7 Å². The first-order valence-electron chi connectivity index (χ1n) is 9.30. The van der Waals surface area contributed by atoms with Crippen molar-refractivity contribution in [3.63, 3.8) is 0 Å². The number of nitrogens with zero attached hydrogens (tertiary/aromatic N) is 3. The molecule has 7 nitrogen and oxygen atoms in total. The third kappa shape index (κ3) is 3.56. The molecule has 1 aromatic heterocycles. The monoisotopic (exact) mass is 398 g/mol. The number of nitro benzene ring substituents is 1. The molecule has 148 valence electrons. The topological polar surface area (TPSA) is 90.1 Å². The maximum atomic E-state index is 13.2. The second-order valence-corrected chi connectivity index (χ2v) is 6.58. The van der Waals surface area contributed by atoms with E-state index in [0.29, 0.717) is 33.7 Å². The summed E-state index contributed by atoms with van der Waals surface area (Å²) < 4.78 is 1.54. The number of nitrogens with one attached hydrogen (secondary N) is 1. The number of anilines is 1. The Morgan fingerprint density at radius 1 is 1.00 bits per heavy atom. The van der Waals surface area contributed by atoms with Crippen molar-refractivity contribution >= 4 is 34.4 Å². The lowest BCUT2D eigenvalue weighted by Gasteiger charge is -2.11. The van der Waals surface area contributed by atoms with Gasteiger partial charge in [-0.15, -0.1) is 0 Å². The quantitative estimate of drug-likeness (QED) is 0.395. The summed E-state index contributed by atoms with van der Waals surface area (Å²) in [6.45, 7) is 0. The van der Waals surface area contributed by atoms with E-state index >= 15 is 0 Å². The van der Waals surface area contributed by atoms with Gasteiger partial charge in [-0.1, -0.05) is 42.5 Å². The Hall–Kier alpha value is -4.26. The Labute approximate surface area is 172 Å². The van der Waals surface area contributed by atoms with Crippen LogP contribution in [0.2, 0.25) is 0 Å². The van der Waals surface area contributed by atoms with Crippen LogP contribution in [0.4, 0.5) is 11.4 Å². The van der Waals surface area contributed by atoms with Crippen LogP contribution >= 0.6 is 0 Å². The average molecular weight is 398 g/mol. The summed E-state index contributed by atoms with van der Waals surface area (Å²) in [4.78, 5) is 28.7. The molecule has 1 N–H and O–H groups in total. The van der Waals surface area contributed by atoms with Gasteiger partial charge in [0.05, 0.1) is 21.5 Å². The molecule has 3 aromatic carbocycles. The highest BCUT2D eigenvalue weighted by atomic mass is 16.6. The third-order valence-corrected chi connectivity index (χ3v) is 4.73. The summed E-state index contributed by atoms with van der Waals surface area (Å²) in [6.07, 6.45) is 3.40. The number of rotatable bonds is 5. The first-order valence-corrected chi connectivity index (χ1v) is 9.30. The smallest absolute Gasteiger partial charge is 0.292 e. The number of fused-ring (bicyclic) bond motifs is 1. The van der Waals surface area contributed by atoms with Crippen LogP contribution in [-0.2, 0) is 0 Å². The molecule has 0 unspecified atom stereocenters. The number of benzene rings is 3.